The lowest BCUT2D eigenvalue weighted by molar-refractivity contribution is 0.501. The minimum absolute atomic E-state index is 0.606. The van der Waals surface area contributed by atoms with E-state index in [1.54, 1.807) is 0 Å². The van der Waals surface area contributed by atoms with E-state index in [2.05, 4.69) is 43.1 Å². The lowest BCUT2D eigenvalue weighted by Crippen LogP contribution is -2.01. The standard InChI is InChI=1S/C18H28N2/c1-3-5-6-7-8-12-15(11-4-2)18-19-16-13-9-10-14-17(16)20-18/h9-10,13-15H,3-8,11-12H2,1-2H3,(H,19,20). The summed E-state index contributed by atoms with van der Waals surface area (Å²) >= 11 is 0. The van der Waals surface area contributed by atoms with E-state index in [0.717, 1.165) is 5.52 Å². The van der Waals surface area contributed by atoms with Gasteiger partial charge in [-0.25, -0.2) is 4.98 Å². The molecule has 0 aliphatic rings. The third-order valence-corrected chi connectivity index (χ3v) is 4.09. The van der Waals surface area contributed by atoms with Crippen LogP contribution in [-0.2, 0) is 0 Å². The summed E-state index contributed by atoms with van der Waals surface area (Å²) in [6.45, 7) is 4.54. The Hall–Kier alpha value is -1.31. The van der Waals surface area contributed by atoms with Crippen LogP contribution in [0.5, 0.6) is 0 Å². The number of unbranched alkanes of at least 4 members (excludes halogenated alkanes) is 4. The number of nitrogens with zero attached hydrogens (tertiary/aromatic N) is 1. The summed E-state index contributed by atoms with van der Waals surface area (Å²) in [5, 5.41) is 0. The van der Waals surface area contributed by atoms with Crippen molar-refractivity contribution in [3.05, 3.63) is 30.1 Å². The van der Waals surface area contributed by atoms with Gasteiger partial charge in [0.2, 0.25) is 0 Å². The number of para-hydroxylation sites is 2. The molecule has 1 aromatic carbocycles. The van der Waals surface area contributed by atoms with Crippen molar-refractivity contribution in [2.75, 3.05) is 0 Å². The number of H-pyrrole nitrogens is 1. The number of hydrogen-bond donors (Lipinski definition) is 1. The zero-order valence-corrected chi connectivity index (χ0v) is 13.0. The van der Waals surface area contributed by atoms with Crippen molar-refractivity contribution in [3.8, 4) is 0 Å². The highest BCUT2D eigenvalue weighted by atomic mass is 14.9. The van der Waals surface area contributed by atoms with E-state index in [1.165, 1.54) is 62.7 Å². The number of imidazole rings is 1. The molecule has 0 saturated heterocycles. The van der Waals surface area contributed by atoms with E-state index >= 15 is 0 Å². The van der Waals surface area contributed by atoms with Gasteiger partial charge in [-0.2, -0.15) is 0 Å². The Kier molecular flexibility index (Phi) is 6.10. The molecule has 1 unspecified atom stereocenters. The molecule has 0 radical (unpaired) electrons. The highest BCUT2D eigenvalue weighted by molar-refractivity contribution is 5.74. The van der Waals surface area contributed by atoms with Gasteiger partial charge in [0, 0.05) is 5.92 Å². The third-order valence-electron chi connectivity index (χ3n) is 4.09. The van der Waals surface area contributed by atoms with Crippen LogP contribution in [0.15, 0.2) is 24.3 Å². The molecule has 1 atom stereocenters. The quantitative estimate of drug-likeness (QED) is 0.573. The molecule has 1 N–H and O–H groups in total. The van der Waals surface area contributed by atoms with Gasteiger partial charge in [-0.15, -0.1) is 0 Å². The molecule has 2 aromatic rings. The van der Waals surface area contributed by atoms with Gasteiger partial charge in [0.05, 0.1) is 11.0 Å². The minimum Gasteiger partial charge on any atom is -0.342 e. The number of benzene rings is 1. The molecule has 0 saturated carbocycles. The lowest BCUT2D eigenvalue weighted by Gasteiger charge is -2.13. The number of fused-ring (bicyclic) bond motifs is 1. The fourth-order valence-corrected chi connectivity index (χ4v) is 2.93. The molecule has 0 amide bonds. The van der Waals surface area contributed by atoms with E-state index < -0.39 is 0 Å². The van der Waals surface area contributed by atoms with E-state index in [-0.39, 0.29) is 0 Å². The smallest absolute Gasteiger partial charge is 0.110 e. The van der Waals surface area contributed by atoms with Gasteiger partial charge in [0.15, 0.2) is 0 Å². The van der Waals surface area contributed by atoms with Crippen molar-refractivity contribution in [2.24, 2.45) is 0 Å². The Bertz CT molecular complexity index is 468. The van der Waals surface area contributed by atoms with Crippen LogP contribution < -0.4 is 0 Å². The zero-order valence-electron chi connectivity index (χ0n) is 13.0. The van der Waals surface area contributed by atoms with Gasteiger partial charge in [0.1, 0.15) is 5.82 Å². The Morgan fingerprint density at radius 2 is 1.75 bits per heavy atom. The molecule has 0 aliphatic heterocycles. The number of rotatable bonds is 9. The number of hydrogen-bond acceptors (Lipinski definition) is 1. The van der Waals surface area contributed by atoms with Gasteiger partial charge < -0.3 is 4.98 Å². The average Bonchev–Trinajstić information content (AvgIpc) is 2.89. The maximum absolute atomic E-state index is 4.79. The Labute approximate surface area is 123 Å². The monoisotopic (exact) mass is 272 g/mol. The Morgan fingerprint density at radius 1 is 0.950 bits per heavy atom. The number of aromatic nitrogens is 2. The molecule has 0 bridgehead atoms. The number of aromatic amines is 1. The van der Waals surface area contributed by atoms with Crippen molar-refractivity contribution in [2.45, 2.75) is 71.1 Å². The molecule has 0 aliphatic carbocycles. The second kappa shape index (κ2) is 8.08. The van der Waals surface area contributed by atoms with Crippen molar-refractivity contribution >= 4 is 11.0 Å². The zero-order chi connectivity index (χ0) is 14.2. The molecule has 1 heterocycles. The van der Waals surface area contributed by atoms with E-state index in [9.17, 15) is 0 Å². The first-order valence-corrected chi connectivity index (χ1v) is 8.29. The van der Waals surface area contributed by atoms with Gasteiger partial charge in [0.25, 0.3) is 0 Å². The predicted octanol–water partition coefficient (Wildman–Crippen LogP) is 5.81. The SMILES string of the molecule is CCCCCCCC(CCC)c1nc2ccccc2[nH]1. The van der Waals surface area contributed by atoms with Crippen LogP contribution in [0, 0.1) is 0 Å². The number of nitrogens with one attached hydrogen (secondary N) is 1. The molecule has 0 spiro atoms. The van der Waals surface area contributed by atoms with Crippen molar-refractivity contribution in [3.63, 3.8) is 0 Å². The molecule has 2 rings (SSSR count). The van der Waals surface area contributed by atoms with Crippen LogP contribution in [0.3, 0.4) is 0 Å². The fraction of sp³-hybridized carbons (Fsp3) is 0.611. The van der Waals surface area contributed by atoms with E-state index in [0.29, 0.717) is 5.92 Å². The Morgan fingerprint density at radius 3 is 2.50 bits per heavy atom. The van der Waals surface area contributed by atoms with Crippen LogP contribution in [0.4, 0.5) is 0 Å². The molecular weight excluding hydrogens is 244 g/mol. The summed E-state index contributed by atoms with van der Waals surface area (Å²) in [5.74, 6) is 1.80. The van der Waals surface area contributed by atoms with Gasteiger partial charge in [-0.05, 0) is 25.0 Å². The second-order valence-corrected chi connectivity index (χ2v) is 5.83. The van der Waals surface area contributed by atoms with E-state index in [4.69, 9.17) is 4.98 Å². The summed E-state index contributed by atoms with van der Waals surface area (Å²) in [5.41, 5.74) is 2.28. The van der Waals surface area contributed by atoms with Gasteiger partial charge in [-0.3, -0.25) is 0 Å². The first-order valence-electron chi connectivity index (χ1n) is 8.29. The normalized spacial score (nSPS) is 12.9. The van der Waals surface area contributed by atoms with E-state index in [1.807, 2.05) is 0 Å². The van der Waals surface area contributed by atoms with Crippen LogP contribution >= 0.6 is 0 Å². The maximum Gasteiger partial charge on any atom is 0.110 e. The molecule has 1 aromatic heterocycles. The minimum atomic E-state index is 0.606. The Balaban J connectivity index is 1.96. The second-order valence-electron chi connectivity index (χ2n) is 5.83. The summed E-state index contributed by atoms with van der Waals surface area (Å²) in [4.78, 5) is 8.31. The maximum atomic E-state index is 4.79. The summed E-state index contributed by atoms with van der Waals surface area (Å²) in [6, 6.07) is 8.35. The third kappa shape index (κ3) is 4.09. The molecule has 20 heavy (non-hydrogen) atoms. The van der Waals surface area contributed by atoms with Crippen LogP contribution in [0.25, 0.3) is 11.0 Å². The average molecular weight is 272 g/mol. The molecule has 2 heteroatoms. The first-order chi connectivity index (χ1) is 9.85. The highest BCUT2D eigenvalue weighted by Crippen LogP contribution is 2.27. The molecule has 2 nitrogen and oxygen atoms in total. The predicted molar refractivity (Wildman–Crippen MR) is 87.1 cm³/mol. The summed E-state index contributed by atoms with van der Waals surface area (Å²) < 4.78 is 0. The van der Waals surface area contributed by atoms with Gasteiger partial charge >= 0.3 is 0 Å². The lowest BCUT2D eigenvalue weighted by atomic mass is 9.95. The largest absolute Gasteiger partial charge is 0.342 e. The van der Waals surface area contributed by atoms with Crippen molar-refractivity contribution < 1.29 is 0 Å². The first kappa shape index (κ1) is 15.1. The topological polar surface area (TPSA) is 28.7 Å². The molecule has 110 valence electrons. The summed E-state index contributed by atoms with van der Waals surface area (Å²) in [6.07, 6.45) is 10.5. The fourth-order valence-electron chi connectivity index (χ4n) is 2.93. The summed E-state index contributed by atoms with van der Waals surface area (Å²) in [7, 11) is 0. The highest BCUT2D eigenvalue weighted by Gasteiger charge is 2.14. The van der Waals surface area contributed by atoms with Gasteiger partial charge in [-0.1, -0.05) is 64.5 Å². The van der Waals surface area contributed by atoms with Crippen LogP contribution in [0.1, 0.15) is 77.0 Å². The van der Waals surface area contributed by atoms with Crippen LogP contribution in [-0.4, -0.2) is 9.97 Å². The molecule has 0 fully saturated rings. The van der Waals surface area contributed by atoms with Crippen molar-refractivity contribution in [1.82, 2.24) is 9.97 Å². The van der Waals surface area contributed by atoms with Crippen LogP contribution in [0.2, 0.25) is 0 Å². The molecular formula is C18H28N2. The van der Waals surface area contributed by atoms with Crippen molar-refractivity contribution in [1.29, 1.82) is 0 Å².